The molecule has 4 heterocycles. The number of thiophene rings is 2. The summed E-state index contributed by atoms with van der Waals surface area (Å²) in [5.74, 6) is 1.89. The standard InChI is InChI=1S/C51H31N3OS2/c1-2-11-30(12-3-1)31-23-25-32(26-24-31)49-52-50(54-51(53-49)38-17-10-22-45-48(38)36-14-5-7-20-43(36)57-45)37-16-8-18-41-46(37)39-29-33(27-28-40(39)55-41)34-15-9-21-44-47(34)35-13-4-6-19-42(35)56-44/h2,4-29H,1,3H2. The number of rotatable bonds is 5. The Balaban J connectivity index is 1.08. The molecule has 1 aliphatic rings. The molecule has 12 rings (SSSR count). The minimum Gasteiger partial charge on any atom is -0.456 e. The van der Waals surface area contributed by atoms with Crippen LogP contribution in [0.15, 0.2) is 168 Å². The summed E-state index contributed by atoms with van der Waals surface area (Å²) in [7, 11) is 0. The van der Waals surface area contributed by atoms with Crippen molar-refractivity contribution in [1.29, 1.82) is 0 Å². The predicted molar refractivity (Wildman–Crippen MR) is 241 cm³/mol. The highest BCUT2D eigenvalue weighted by atomic mass is 32.1. The minimum absolute atomic E-state index is 0.609. The minimum atomic E-state index is 0.609. The van der Waals surface area contributed by atoms with Crippen LogP contribution in [0.2, 0.25) is 0 Å². The van der Waals surface area contributed by atoms with E-state index in [0.717, 1.165) is 57.0 Å². The van der Waals surface area contributed by atoms with Crippen LogP contribution >= 0.6 is 22.7 Å². The smallest absolute Gasteiger partial charge is 0.164 e. The number of furan rings is 1. The van der Waals surface area contributed by atoms with Crippen LogP contribution in [-0.4, -0.2) is 15.0 Å². The molecule has 1 aliphatic carbocycles. The van der Waals surface area contributed by atoms with Crippen LogP contribution in [0, 0.1) is 0 Å². The molecule has 57 heavy (non-hydrogen) atoms. The SMILES string of the molecule is C1=CC(c2ccc(-c3nc(-c4cccc5oc6ccc(-c7cccc8sc9ccccc9c78)cc6c45)nc(-c4cccc5sc6ccccc6c45)n3)cc2)=CCC1. The van der Waals surface area contributed by atoms with E-state index in [1.807, 2.05) is 23.5 Å². The van der Waals surface area contributed by atoms with E-state index in [-0.39, 0.29) is 0 Å². The van der Waals surface area contributed by atoms with Gasteiger partial charge in [0.15, 0.2) is 17.5 Å². The van der Waals surface area contributed by atoms with E-state index >= 15 is 0 Å². The van der Waals surface area contributed by atoms with Crippen molar-refractivity contribution in [1.82, 2.24) is 15.0 Å². The van der Waals surface area contributed by atoms with Gasteiger partial charge < -0.3 is 4.42 Å². The van der Waals surface area contributed by atoms with Gasteiger partial charge in [-0.2, -0.15) is 0 Å². The molecule has 11 aromatic rings. The van der Waals surface area contributed by atoms with Gasteiger partial charge in [0.05, 0.1) is 0 Å². The Kier molecular flexibility index (Phi) is 7.37. The fraction of sp³-hybridized carbons (Fsp3) is 0.0392. The molecule has 4 nitrogen and oxygen atoms in total. The summed E-state index contributed by atoms with van der Waals surface area (Å²) in [6, 6.07) is 51.7. The average molecular weight is 766 g/mol. The predicted octanol–water partition coefficient (Wildman–Crippen LogP) is 14.9. The second-order valence-corrected chi connectivity index (χ2v) is 16.7. The topological polar surface area (TPSA) is 51.8 Å². The lowest BCUT2D eigenvalue weighted by molar-refractivity contribution is 0.669. The maximum Gasteiger partial charge on any atom is 0.164 e. The summed E-state index contributed by atoms with van der Waals surface area (Å²) in [5.41, 5.74) is 9.26. The van der Waals surface area contributed by atoms with E-state index in [1.165, 1.54) is 57.0 Å². The highest BCUT2D eigenvalue weighted by Crippen LogP contribution is 2.44. The van der Waals surface area contributed by atoms with Gasteiger partial charge in [0.2, 0.25) is 0 Å². The van der Waals surface area contributed by atoms with E-state index in [1.54, 1.807) is 11.3 Å². The molecule has 0 atom stereocenters. The summed E-state index contributed by atoms with van der Waals surface area (Å²) in [6.45, 7) is 0. The maximum atomic E-state index is 6.57. The lowest BCUT2D eigenvalue weighted by atomic mass is 9.97. The molecule has 6 heteroatoms. The molecule has 0 aliphatic heterocycles. The summed E-state index contributed by atoms with van der Waals surface area (Å²) in [6.07, 6.45) is 8.92. The van der Waals surface area contributed by atoms with Crippen molar-refractivity contribution >= 4 is 90.5 Å². The monoisotopic (exact) mass is 765 g/mol. The molecule has 0 N–H and O–H groups in total. The molecule has 0 saturated heterocycles. The number of allylic oxidation sites excluding steroid dienone is 4. The molecule has 0 fully saturated rings. The zero-order chi connectivity index (χ0) is 37.5. The molecular weight excluding hydrogens is 735 g/mol. The zero-order valence-corrected chi connectivity index (χ0v) is 32.2. The summed E-state index contributed by atoms with van der Waals surface area (Å²) in [5, 5.41) is 6.96. The first-order chi connectivity index (χ1) is 28.2. The van der Waals surface area contributed by atoms with Crippen molar-refractivity contribution in [3.8, 4) is 45.3 Å². The van der Waals surface area contributed by atoms with Crippen LogP contribution in [0.5, 0.6) is 0 Å². The van der Waals surface area contributed by atoms with E-state index in [9.17, 15) is 0 Å². The molecule has 0 amide bonds. The van der Waals surface area contributed by atoms with Crippen LogP contribution < -0.4 is 0 Å². The van der Waals surface area contributed by atoms with Gasteiger partial charge in [-0.25, -0.2) is 15.0 Å². The van der Waals surface area contributed by atoms with Gasteiger partial charge >= 0.3 is 0 Å². The van der Waals surface area contributed by atoms with Crippen LogP contribution in [0.1, 0.15) is 18.4 Å². The zero-order valence-electron chi connectivity index (χ0n) is 30.6. The van der Waals surface area contributed by atoms with Gasteiger partial charge in [0.1, 0.15) is 11.2 Å². The first-order valence-corrected chi connectivity index (χ1v) is 20.9. The van der Waals surface area contributed by atoms with Crippen molar-refractivity contribution in [2.75, 3.05) is 0 Å². The number of fused-ring (bicyclic) bond motifs is 9. The Morgan fingerprint density at radius 1 is 0.421 bits per heavy atom. The normalized spacial score (nSPS) is 13.2. The lowest BCUT2D eigenvalue weighted by Gasteiger charge is -2.11. The van der Waals surface area contributed by atoms with Crippen molar-refractivity contribution in [3.63, 3.8) is 0 Å². The Morgan fingerprint density at radius 2 is 1.00 bits per heavy atom. The van der Waals surface area contributed by atoms with Gasteiger partial charge in [0.25, 0.3) is 0 Å². The largest absolute Gasteiger partial charge is 0.456 e. The third-order valence-corrected chi connectivity index (χ3v) is 13.5. The second kappa shape index (κ2) is 12.9. The second-order valence-electron chi connectivity index (χ2n) is 14.6. The highest BCUT2D eigenvalue weighted by molar-refractivity contribution is 7.26. The van der Waals surface area contributed by atoms with Gasteiger partial charge in [-0.05, 0) is 77.6 Å². The van der Waals surface area contributed by atoms with Gasteiger partial charge in [-0.1, -0.05) is 121 Å². The van der Waals surface area contributed by atoms with Crippen molar-refractivity contribution in [3.05, 3.63) is 169 Å². The number of aromatic nitrogens is 3. The van der Waals surface area contributed by atoms with Gasteiger partial charge in [-0.3, -0.25) is 0 Å². The van der Waals surface area contributed by atoms with E-state index in [2.05, 4.69) is 152 Å². The molecule has 0 bridgehead atoms. The highest BCUT2D eigenvalue weighted by Gasteiger charge is 2.21. The van der Waals surface area contributed by atoms with Gasteiger partial charge in [0, 0.05) is 67.8 Å². The number of benzene rings is 7. The molecule has 0 radical (unpaired) electrons. The van der Waals surface area contributed by atoms with E-state index in [0.29, 0.717) is 17.5 Å². The summed E-state index contributed by atoms with van der Waals surface area (Å²) in [4.78, 5) is 15.8. The van der Waals surface area contributed by atoms with Crippen molar-refractivity contribution in [2.24, 2.45) is 0 Å². The van der Waals surface area contributed by atoms with Crippen LogP contribution in [0.3, 0.4) is 0 Å². The average Bonchev–Trinajstić information content (AvgIpc) is 3.98. The van der Waals surface area contributed by atoms with Crippen LogP contribution in [0.25, 0.3) is 113 Å². The van der Waals surface area contributed by atoms with Crippen LogP contribution in [-0.2, 0) is 0 Å². The maximum absolute atomic E-state index is 6.57. The Labute approximate surface area is 335 Å². The Hall–Kier alpha value is -6.73. The number of hydrogen-bond donors (Lipinski definition) is 0. The summed E-state index contributed by atoms with van der Waals surface area (Å²) < 4.78 is 11.6. The van der Waals surface area contributed by atoms with E-state index in [4.69, 9.17) is 19.4 Å². The van der Waals surface area contributed by atoms with E-state index < -0.39 is 0 Å². The number of nitrogens with zero attached hydrogens (tertiary/aromatic N) is 3. The Bertz CT molecular complexity index is 3470. The van der Waals surface area contributed by atoms with Gasteiger partial charge in [-0.15, -0.1) is 22.7 Å². The fourth-order valence-electron chi connectivity index (χ4n) is 8.54. The first kappa shape index (κ1) is 32.5. The van der Waals surface area contributed by atoms with Crippen molar-refractivity contribution < 1.29 is 4.42 Å². The summed E-state index contributed by atoms with van der Waals surface area (Å²) >= 11 is 3.64. The quantitative estimate of drug-likeness (QED) is 0.175. The molecule has 0 saturated carbocycles. The molecule has 7 aromatic carbocycles. The fourth-order valence-corrected chi connectivity index (χ4v) is 10.8. The number of hydrogen-bond acceptors (Lipinski definition) is 6. The lowest BCUT2D eigenvalue weighted by Crippen LogP contribution is -2.01. The Morgan fingerprint density at radius 3 is 1.70 bits per heavy atom. The molecule has 4 aromatic heterocycles. The third-order valence-electron chi connectivity index (χ3n) is 11.2. The third kappa shape index (κ3) is 5.29. The molecule has 268 valence electrons. The molecular formula is C51H31N3OS2. The van der Waals surface area contributed by atoms with Crippen LogP contribution in [0.4, 0.5) is 0 Å². The van der Waals surface area contributed by atoms with Crippen molar-refractivity contribution in [2.45, 2.75) is 12.8 Å². The molecule has 0 unspecified atom stereocenters. The molecule has 0 spiro atoms. The first-order valence-electron chi connectivity index (χ1n) is 19.2.